The fourth-order valence-electron chi connectivity index (χ4n) is 3.22. The summed E-state index contributed by atoms with van der Waals surface area (Å²) < 4.78 is 46.5. The minimum absolute atomic E-state index is 0.0986. The fourth-order valence-corrected chi connectivity index (χ4v) is 3.35. The SMILES string of the molecule is COc1ccc([C@H]2NC(=O)N[C@](O)(C(F)(F)F)[C@@H]2C(=O)c2ccc(Cl)cc2)cc1. The molecule has 10 heteroatoms. The van der Waals surface area contributed by atoms with Crippen molar-refractivity contribution in [2.45, 2.75) is 17.9 Å². The molecule has 1 aliphatic heterocycles. The number of nitrogens with one attached hydrogen (secondary N) is 2. The van der Waals surface area contributed by atoms with Crippen molar-refractivity contribution in [1.82, 2.24) is 10.6 Å². The number of aliphatic hydroxyl groups is 1. The third-order valence-electron chi connectivity index (χ3n) is 4.69. The second-order valence-corrected chi connectivity index (χ2v) is 6.90. The van der Waals surface area contributed by atoms with E-state index in [-0.39, 0.29) is 16.1 Å². The van der Waals surface area contributed by atoms with E-state index in [9.17, 15) is 27.9 Å². The molecule has 0 aliphatic carbocycles. The maximum atomic E-state index is 13.8. The highest BCUT2D eigenvalue weighted by molar-refractivity contribution is 6.30. The second-order valence-electron chi connectivity index (χ2n) is 6.46. The topological polar surface area (TPSA) is 87.7 Å². The van der Waals surface area contributed by atoms with Crippen molar-refractivity contribution in [3.05, 3.63) is 64.7 Å². The Morgan fingerprint density at radius 1 is 1.14 bits per heavy atom. The number of rotatable bonds is 4. The summed E-state index contributed by atoms with van der Waals surface area (Å²) >= 11 is 5.78. The summed E-state index contributed by atoms with van der Waals surface area (Å²) in [4.78, 5) is 25.0. The molecule has 0 radical (unpaired) electrons. The van der Waals surface area contributed by atoms with E-state index >= 15 is 0 Å². The quantitative estimate of drug-likeness (QED) is 0.651. The van der Waals surface area contributed by atoms with Gasteiger partial charge < -0.3 is 20.5 Å². The standard InChI is InChI=1S/C19H16ClF3N2O4/c1-29-13-8-4-10(5-9-13)15-14(16(26)11-2-6-12(20)7-3-11)18(28,19(21,22)23)25-17(27)24-15/h2-9,14-15,28H,1H3,(H2,24,25,27)/t14-,15+,18+/m0/s1. The van der Waals surface area contributed by atoms with Crippen LogP contribution in [-0.4, -0.2) is 35.9 Å². The third-order valence-corrected chi connectivity index (χ3v) is 4.94. The highest BCUT2D eigenvalue weighted by Crippen LogP contribution is 2.44. The first-order chi connectivity index (χ1) is 13.6. The summed E-state index contributed by atoms with van der Waals surface area (Å²) in [5.74, 6) is -2.69. The van der Waals surface area contributed by atoms with Crippen LogP contribution in [0.2, 0.25) is 5.02 Å². The van der Waals surface area contributed by atoms with Crippen molar-refractivity contribution >= 4 is 23.4 Å². The normalized spacial score (nSPS) is 24.4. The number of alkyl halides is 3. The lowest BCUT2D eigenvalue weighted by Crippen LogP contribution is -2.72. The zero-order valence-electron chi connectivity index (χ0n) is 15.0. The molecule has 2 amide bonds. The van der Waals surface area contributed by atoms with Gasteiger partial charge in [0, 0.05) is 10.6 Å². The van der Waals surface area contributed by atoms with Gasteiger partial charge in [0.15, 0.2) is 5.78 Å². The van der Waals surface area contributed by atoms with Crippen LogP contribution in [0.3, 0.4) is 0 Å². The van der Waals surface area contributed by atoms with E-state index in [1.54, 1.807) is 0 Å². The first-order valence-electron chi connectivity index (χ1n) is 8.38. The van der Waals surface area contributed by atoms with Gasteiger partial charge in [-0.3, -0.25) is 4.79 Å². The van der Waals surface area contributed by atoms with E-state index in [2.05, 4.69) is 5.32 Å². The van der Waals surface area contributed by atoms with Crippen LogP contribution in [0, 0.1) is 5.92 Å². The lowest BCUT2D eigenvalue weighted by molar-refractivity contribution is -0.287. The third kappa shape index (κ3) is 3.88. The van der Waals surface area contributed by atoms with E-state index in [0.717, 1.165) is 0 Å². The molecule has 3 rings (SSSR count). The van der Waals surface area contributed by atoms with Gasteiger partial charge in [-0.1, -0.05) is 23.7 Å². The Kier molecular flexibility index (Phi) is 5.46. The molecule has 6 nitrogen and oxygen atoms in total. The largest absolute Gasteiger partial charge is 0.497 e. The Morgan fingerprint density at radius 2 is 1.72 bits per heavy atom. The first-order valence-corrected chi connectivity index (χ1v) is 8.76. The molecule has 154 valence electrons. The van der Waals surface area contributed by atoms with E-state index in [4.69, 9.17) is 16.3 Å². The molecule has 0 saturated carbocycles. The molecule has 1 saturated heterocycles. The number of benzene rings is 2. The molecule has 0 unspecified atom stereocenters. The molecule has 2 aromatic carbocycles. The van der Waals surface area contributed by atoms with Crippen LogP contribution in [0.15, 0.2) is 48.5 Å². The summed E-state index contributed by atoms with van der Waals surface area (Å²) in [6.07, 6.45) is -5.32. The fraction of sp³-hybridized carbons (Fsp3) is 0.263. The number of ether oxygens (including phenoxy) is 1. The summed E-state index contributed by atoms with van der Waals surface area (Å²) in [6.45, 7) is 0. The highest BCUT2D eigenvalue weighted by atomic mass is 35.5. The smallest absolute Gasteiger partial charge is 0.437 e. The first kappa shape index (κ1) is 20.9. The Balaban J connectivity index is 2.13. The van der Waals surface area contributed by atoms with Crippen LogP contribution >= 0.6 is 11.6 Å². The van der Waals surface area contributed by atoms with Gasteiger partial charge in [0.1, 0.15) is 11.7 Å². The van der Waals surface area contributed by atoms with Gasteiger partial charge in [0.2, 0.25) is 5.72 Å². The number of urea groups is 1. The van der Waals surface area contributed by atoms with Gasteiger partial charge in [-0.15, -0.1) is 0 Å². The van der Waals surface area contributed by atoms with Crippen molar-refractivity contribution in [2.75, 3.05) is 7.11 Å². The van der Waals surface area contributed by atoms with E-state index in [1.807, 2.05) is 0 Å². The van der Waals surface area contributed by atoms with Crippen LogP contribution in [0.4, 0.5) is 18.0 Å². The molecule has 0 bridgehead atoms. The van der Waals surface area contributed by atoms with E-state index in [1.165, 1.54) is 61.0 Å². The predicted octanol–water partition coefficient (Wildman–Crippen LogP) is 3.45. The average Bonchev–Trinajstić information content (AvgIpc) is 2.67. The molecule has 0 spiro atoms. The minimum Gasteiger partial charge on any atom is -0.497 e. The number of carbonyl (C=O) groups excluding carboxylic acids is 2. The lowest BCUT2D eigenvalue weighted by Gasteiger charge is -2.45. The Labute approximate surface area is 168 Å². The van der Waals surface area contributed by atoms with Crippen molar-refractivity contribution in [1.29, 1.82) is 0 Å². The van der Waals surface area contributed by atoms with Gasteiger partial charge in [0.25, 0.3) is 0 Å². The molecule has 3 N–H and O–H groups in total. The summed E-state index contributed by atoms with van der Waals surface area (Å²) in [5, 5.41) is 14.6. The molecular formula is C19H16ClF3N2O4. The van der Waals surface area contributed by atoms with Crippen LogP contribution < -0.4 is 15.4 Å². The van der Waals surface area contributed by atoms with Gasteiger partial charge in [-0.25, -0.2) is 4.79 Å². The molecule has 29 heavy (non-hydrogen) atoms. The van der Waals surface area contributed by atoms with Gasteiger partial charge in [-0.05, 0) is 42.0 Å². The molecule has 2 aromatic rings. The zero-order valence-corrected chi connectivity index (χ0v) is 15.7. The van der Waals surface area contributed by atoms with Crippen LogP contribution in [0.5, 0.6) is 5.75 Å². The Morgan fingerprint density at radius 3 is 2.24 bits per heavy atom. The second kappa shape index (κ2) is 7.57. The van der Waals surface area contributed by atoms with E-state index < -0.39 is 35.7 Å². The number of amides is 2. The maximum Gasteiger partial charge on any atom is 0.437 e. The van der Waals surface area contributed by atoms with Crippen LogP contribution in [0.1, 0.15) is 22.0 Å². The minimum atomic E-state index is -5.32. The highest BCUT2D eigenvalue weighted by Gasteiger charge is 2.66. The monoisotopic (exact) mass is 428 g/mol. The van der Waals surface area contributed by atoms with Gasteiger partial charge in [0.05, 0.1) is 13.2 Å². The zero-order chi connectivity index (χ0) is 21.4. The number of Topliss-reactive ketones (excluding diaryl/α,β-unsaturated/α-hetero) is 1. The summed E-state index contributed by atoms with van der Waals surface area (Å²) in [7, 11) is 1.41. The van der Waals surface area contributed by atoms with Gasteiger partial charge >= 0.3 is 12.2 Å². The summed E-state index contributed by atoms with van der Waals surface area (Å²) in [6, 6.07) is 8.25. The van der Waals surface area contributed by atoms with Crippen molar-refractivity contribution in [3.8, 4) is 5.75 Å². The number of methoxy groups -OCH3 is 1. The molecular weight excluding hydrogens is 413 g/mol. The van der Waals surface area contributed by atoms with Crippen molar-refractivity contribution < 1.29 is 32.6 Å². The number of hydrogen-bond donors (Lipinski definition) is 3. The van der Waals surface area contributed by atoms with Gasteiger partial charge in [-0.2, -0.15) is 13.2 Å². The molecule has 1 aliphatic rings. The lowest BCUT2D eigenvalue weighted by atomic mass is 9.77. The van der Waals surface area contributed by atoms with Crippen molar-refractivity contribution in [3.63, 3.8) is 0 Å². The maximum absolute atomic E-state index is 13.8. The number of carbonyl (C=O) groups is 2. The molecule has 1 fully saturated rings. The van der Waals surface area contributed by atoms with Crippen LogP contribution in [-0.2, 0) is 0 Å². The van der Waals surface area contributed by atoms with Crippen molar-refractivity contribution in [2.24, 2.45) is 5.92 Å². The number of halogens is 4. The molecule has 1 heterocycles. The Bertz CT molecular complexity index is 919. The number of ketones is 1. The number of hydrogen-bond acceptors (Lipinski definition) is 4. The summed E-state index contributed by atoms with van der Waals surface area (Å²) in [5.41, 5.74) is -3.69. The predicted molar refractivity (Wildman–Crippen MR) is 97.7 cm³/mol. The molecule has 3 atom stereocenters. The Hall–Kier alpha value is -2.78. The average molecular weight is 429 g/mol. The van der Waals surface area contributed by atoms with E-state index in [0.29, 0.717) is 5.75 Å². The molecule has 0 aromatic heterocycles. The van der Waals surface area contributed by atoms with Crippen LogP contribution in [0.25, 0.3) is 0 Å².